The normalized spacial score (nSPS) is 10.1. The highest BCUT2D eigenvalue weighted by Gasteiger charge is 1.99. The molecule has 78 valence electrons. The van der Waals surface area contributed by atoms with Gasteiger partial charge in [-0.3, -0.25) is 4.79 Å². The van der Waals surface area contributed by atoms with Gasteiger partial charge in [-0.1, -0.05) is 36.9 Å². The van der Waals surface area contributed by atoms with Crippen molar-refractivity contribution < 1.29 is 9.90 Å². The molecule has 0 aliphatic carbocycles. The van der Waals surface area contributed by atoms with Crippen molar-refractivity contribution in [2.24, 2.45) is 0 Å². The standard InChI is InChI=1S/C12H13NO2/c1-2-13(10-12(14)15)9-8-11-6-4-3-5-7-11/h2-9H,1,10H2,(H,14,15). The first-order valence-corrected chi connectivity index (χ1v) is 4.55. The molecule has 1 aromatic rings. The summed E-state index contributed by atoms with van der Waals surface area (Å²) in [7, 11) is 0. The summed E-state index contributed by atoms with van der Waals surface area (Å²) < 4.78 is 0. The van der Waals surface area contributed by atoms with Crippen molar-refractivity contribution in [3.05, 3.63) is 54.9 Å². The summed E-state index contributed by atoms with van der Waals surface area (Å²) in [5, 5.41) is 8.59. The largest absolute Gasteiger partial charge is 0.480 e. The SMILES string of the molecule is C=CN(C=Cc1ccccc1)CC(=O)O. The van der Waals surface area contributed by atoms with E-state index in [9.17, 15) is 4.79 Å². The molecule has 0 radical (unpaired) electrons. The molecule has 0 aliphatic heterocycles. The Morgan fingerprint density at radius 3 is 2.60 bits per heavy atom. The second-order valence-corrected chi connectivity index (χ2v) is 2.98. The van der Waals surface area contributed by atoms with Crippen molar-refractivity contribution in [1.82, 2.24) is 4.90 Å². The molecule has 0 spiro atoms. The summed E-state index contributed by atoms with van der Waals surface area (Å²) in [4.78, 5) is 12.0. The fraction of sp³-hybridized carbons (Fsp3) is 0.0833. The van der Waals surface area contributed by atoms with E-state index in [1.807, 2.05) is 36.4 Å². The molecule has 0 aliphatic rings. The maximum absolute atomic E-state index is 10.5. The number of hydrogen-bond donors (Lipinski definition) is 1. The van der Waals surface area contributed by atoms with Crippen LogP contribution in [0.4, 0.5) is 0 Å². The van der Waals surface area contributed by atoms with Crippen LogP contribution in [0.3, 0.4) is 0 Å². The lowest BCUT2D eigenvalue weighted by Crippen LogP contribution is -2.18. The topological polar surface area (TPSA) is 40.5 Å². The van der Waals surface area contributed by atoms with Gasteiger partial charge in [0, 0.05) is 6.20 Å². The third kappa shape index (κ3) is 4.13. The molecule has 0 fully saturated rings. The third-order valence-electron chi connectivity index (χ3n) is 1.81. The van der Waals surface area contributed by atoms with Crippen molar-refractivity contribution in [1.29, 1.82) is 0 Å². The quantitative estimate of drug-likeness (QED) is 0.797. The summed E-state index contributed by atoms with van der Waals surface area (Å²) >= 11 is 0. The van der Waals surface area contributed by atoms with E-state index in [0.717, 1.165) is 5.56 Å². The Hall–Kier alpha value is -2.03. The molecule has 3 nitrogen and oxygen atoms in total. The molecule has 0 saturated heterocycles. The molecular formula is C12H13NO2. The van der Waals surface area contributed by atoms with E-state index >= 15 is 0 Å². The lowest BCUT2D eigenvalue weighted by Gasteiger charge is -2.10. The summed E-state index contributed by atoms with van der Waals surface area (Å²) in [5.41, 5.74) is 1.02. The van der Waals surface area contributed by atoms with Gasteiger partial charge in [0.1, 0.15) is 6.54 Å². The van der Waals surface area contributed by atoms with Crippen LogP contribution in [0.1, 0.15) is 5.56 Å². The Bertz CT molecular complexity index is 357. The molecule has 0 amide bonds. The van der Waals surface area contributed by atoms with Crippen molar-refractivity contribution in [2.45, 2.75) is 0 Å². The molecule has 15 heavy (non-hydrogen) atoms. The zero-order valence-corrected chi connectivity index (χ0v) is 8.34. The van der Waals surface area contributed by atoms with Crippen LogP contribution in [-0.4, -0.2) is 22.5 Å². The molecule has 0 atom stereocenters. The highest BCUT2D eigenvalue weighted by Crippen LogP contribution is 2.02. The minimum absolute atomic E-state index is 0.0766. The van der Waals surface area contributed by atoms with E-state index < -0.39 is 5.97 Å². The molecular weight excluding hydrogens is 190 g/mol. The van der Waals surface area contributed by atoms with E-state index in [2.05, 4.69) is 6.58 Å². The number of aliphatic carboxylic acids is 1. The van der Waals surface area contributed by atoms with Crippen LogP contribution in [0.15, 0.2) is 49.3 Å². The first-order chi connectivity index (χ1) is 7.22. The van der Waals surface area contributed by atoms with Gasteiger partial charge < -0.3 is 10.0 Å². The highest BCUT2D eigenvalue weighted by molar-refractivity contribution is 5.69. The Balaban J connectivity index is 2.62. The number of carbonyl (C=O) groups is 1. The zero-order chi connectivity index (χ0) is 11.1. The van der Waals surface area contributed by atoms with Gasteiger partial charge in [0.2, 0.25) is 0 Å². The predicted molar refractivity (Wildman–Crippen MR) is 60.0 cm³/mol. The van der Waals surface area contributed by atoms with Crippen LogP contribution in [0.5, 0.6) is 0 Å². The lowest BCUT2D eigenvalue weighted by molar-refractivity contribution is -0.137. The summed E-state index contributed by atoms with van der Waals surface area (Å²) in [6.07, 6.45) is 5.01. The Kier molecular flexibility index (Phi) is 4.16. The van der Waals surface area contributed by atoms with Gasteiger partial charge >= 0.3 is 5.97 Å². The minimum Gasteiger partial charge on any atom is -0.480 e. The number of carboxylic acids is 1. The highest BCUT2D eigenvalue weighted by atomic mass is 16.4. The number of benzene rings is 1. The predicted octanol–water partition coefficient (Wildman–Crippen LogP) is 2.19. The van der Waals surface area contributed by atoms with Gasteiger partial charge in [0.25, 0.3) is 0 Å². The summed E-state index contributed by atoms with van der Waals surface area (Å²) in [6, 6.07) is 9.67. The monoisotopic (exact) mass is 203 g/mol. The van der Waals surface area contributed by atoms with Gasteiger partial charge in [-0.2, -0.15) is 0 Å². The fourth-order valence-corrected chi connectivity index (χ4v) is 1.08. The summed E-state index contributed by atoms with van der Waals surface area (Å²) in [5.74, 6) is -0.882. The van der Waals surface area contributed by atoms with Crippen LogP contribution >= 0.6 is 0 Å². The Labute approximate surface area is 89.0 Å². The van der Waals surface area contributed by atoms with Crippen LogP contribution < -0.4 is 0 Å². The van der Waals surface area contributed by atoms with Crippen molar-refractivity contribution in [2.75, 3.05) is 6.54 Å². The number of rotatable bonds is 5. The molecule has 1 rings (SSSR count). The first kappa shape index (κ1) is 11.0. The Morgan fingerprint density at radius 1 is 1.40 bits per heavy atom. The van der Waals surface area contributed by atoms with Crippen LogP contribution in [0.25, 0.3) is 6.08 Å². The van der Waals surface area contributed by atoms with E-state index in [-0.39, 0.29) is 6.54 Å². The van der Waals surface area contributed by atoms with Crippen LogP contribution in [-0.2, 0) is 4.79 Å². The molecule has 1 aromatic carbocycles. The minimum atomic E-state index is -0.882. The average molecular weight is 203 g/mol. The number of nitrogens with zero attached hydrogens (tertiary/aromatic N) is 1. The maximum Gasteiger partial charge on any atom is 0.323 e. The van der Waals surface area contributed by atoms with E-state index in [4.69, 9.17) is 5.11 Å². The number of hydrogen-bond acceptors (Lipinski definition) is 2. The molecule has 0 unspecified atom stereocenters. The van der Waals surface area contributed by atoms with E-state index in [1.165, 1.54) is 11.1 Å². The molecule has 1 N–H and O–H groups in total. The summed E-state index contributed by atoms with van der Waals surface area (Å²) in [6.45, 7) is 3.46. The maximum atomic E-state index is 10.5. The van der Waals surface area contributed by atoms with Gasteiger partial charge in [0.15, 0.2) is 0 Å². The van der Waals surface area contributed by atoms with Gasteiger partial charge in [0.05, 0.1) is 0 Å². The fourth-order valence-electron chi connectivity index (χ4n) is 1.08. The lowest BCUT2D eigenvalue weighted by atomic mass is 10.2. The van der Waals surface area contributed by atoms with Crippen molar-refractivity contribution in [3.63, 3.8) is 0 Å². The third-order valence-corrected chi connectivity index (χ3v) is 1.81. The van der Waals surface area contributed by atoms with Gasteiger partial charge in [-0.15, -0.1) is 0 Å². The van der Waals surface area contributed by atoms with Crippen LogP contribution in [0.2, 0.25) is 0 Å². The van der Waals surface area contributed by atoms with Crippen LogP contribution in [0, 0.1) is 0 Å². The first-order valence-electron chi connectivity index (χ1n) is 4.55. The number of carboxylic acid groups (broad SMARTS) is 1. The molecule has 0 saturated carbocycles. The average Bonchev–Trinajstić information content (AvgIpc) is 2.25. The van der Waals surface area contributed by atoms with E-state index in [1.54, 1.807) is 6.20 Å². The molecule has 0 bridgehead atoms. The molecule has 0 aromatic heterocycles. The van der Waals surface area contributed by atoms with Crippen molar-refractivity contribution in [3.8, 4) is 0 Å². The molecule has 0 heterocycles. The second-order valence-electron chi connectivity index (χ2n) is 2.98. The van der Waals surface area contributed by atoms with Gasteiger partial charge in [-0.05, 0) is 17.8 Å². The smallest absolute Gasteiger partial charge is 0.323 e. The van der Waals surface area contributed by atoms with Gasteiger partial charge in [-0.25, -0.2) is 0 Å². The Morgan fingerprint density at radius 2 is 2.07 bits per heavy atom. The zero-order valence-electron chi connectivity index (χ0n) is 8.34. The van der Waals surface area contributed by atoms with Crippen molar-refractivity contribution >= 4 is 12.0 Å². The second kappa shape index (κ2) is 5.65. The molecule has 3 heteroatoms. The van der Waals surface area contributed by atoms with E-state index in [0.29, 0.717) is 0 Å².